The summed E-state index contributed by atoms with van der Waals surface area (Å²) >= 11 is 7.40. The molecular weight excluding hydrogens is 430 g/mol. The fourth-order valence-corrected chi connectivity index (χ4v) is 4.49. The van der Waals surface area contributed by atoms with Gasteiger partial charge in [-0.1, -0.05) is 59.8 Å². The highest BCUT2D eigenvalue weighted by Gasteiger charge is 2.40. The maximum absolute atomic E-state index is 13.5. The van der Waals surface area contributed by atoms with E-state index in [-0.39, 0.29) is 17.9 Å². The first-order chi connectivity index (χ1) is 14.9. The zero-order valence-corrected chi connectivity index (χ0v) is 18.6. The van der Waals surface area contributed by atoms with E-state index in [2.05, 4.69) is 0 Å². The molecule has 156 valence electrons. The molecule has 0 unspecified atom stereocenters. The van der Waals surface area contributed by atoms with Gasteiger partial charge in [-0.3, -0.25) is 9.59 Å². The van der Waals surface area contributed by atoms with Gasteiger partial charge in [-0.2, -0.15) is 0 Å². The van der Waals surface area contributed by atoms with Crippen molar-refractivity contribution in [2.24, 2.45) is 0 Å². The van der Waals surface area contributed by atoms with Crippen molar-refractivity contribution in [2.75, 3.05) is 4.90 Å². The molecule has 0 spiro atoms. The van der Waals surface area contributed by atoms with Crippen LogP contribution in [0.5, 0.6) is 5.75 Å². The molecule has 31 heavy (non-hydrogen) atoms. The van der Waals surface area contributed by atoms with Crippen LogP contribution < -0.4 is 9.64 Å². The normalized spacial score (nSPS) is 14.0. The van der Waals surface area contributed by atoms with Crippen molar-refractivity contribution in [3.05, 3.63) is 94.4 Å². The minimum atomic E-state index is -0.372. The Kier molecular flexibility index (Phi) is 6.16. The van der Waals surface area contributed by atoms with Gasteiger partial charge in [0.15, 0.2) is 0 Å². The Morgan fingerprint density at radius 3 is 2.23 bits per heavy atom. The van der Waals surface area contributed by atoms with Crippen LogP contribution in [-0.4, -0.2) is 17.9 Å². The average Bonchev–Trinajstić information content (AvgIpc) is 2.98. The third-order valence-electron chi connectivity index (χ3n) is 4.59. The molecule has 2 amide bonds. The van der Waals surface area contributed by atoms with E-state index in [1.165, 1.54) is 16.7 Å². The molecule has 0 fully saturated rings. The lowest BCUT2D eigenvalue weighted by atomic mass is 10.1. The topological polar surface area (TPSA) is 46.6 Å². The lowest BCUT2D eigenvalue weighted by Crippen LogP contribution is -2.31. The fourth-order valence-electron chi connectivity index (χ4n) is 3.29. The summed E-state index contributed by atoms with van der Waals surface area (Å²) in [7, 11) is 0. The van der Waals surface area contributed by atoms with Crippen molar-refractivity contribution in [3.8, 4) is 5.75 Å². The van der Waals surface area contributed by atoms with E-state index in [0.29, 0.717) is 32.5 Å². The smallest absolute Gasteiger partial charge is 0.272 e. The molecule has 1 aliphatic rings. The van der Waals surface area contributed by atoms with Gasteiger partial charge in [0.1, 0.15) is 5.75 Å². The lowest BCUT2D eigenvalue weighted by molar-refractivity contribution is -0.119. The number of benzene rings is 3. The fraction of sp³-hybridized carbons (Fsp3) is 0.120. The second kappa shape index (κ2) is 9.00. The highest BCUT2D eigenvalue weighted by Crippen LogP contribution is 2.41. The van der Waals surface area contributed by atoms with Crippen LogP contribution >= 0.6 is 23.4 Å². The van der Waals surface area contributed by atoms with Gasteiger partial charge in [0, 0.05) is 9.92 Å². The Balaban J connectivity index is 1.78. The Morgan fingerprint density at radius 2 is 1.58 bits per heavy atom. The molecule has 4 nitrogen and oxygen atoms in total. The molecule has 3 aromatic rings. The monoisotopic (exact) mass is 449 g/mol. The van der Waals surface area contributed by atoms with Crippen LogP contribution in [-0.2, 0) is 9.59 Å². The maximum atomic E-state index is 13.5. The summed E-state index contributed by atoms with van der Waals surface area (Å²) in [5.74, 6) is -0.0260. The number of amides is 2. The van der Waals surface area contributed by atoms with Crippen molar-refractivity contribution < 1.29 is 14.3 Å². The number of halogens is 1. The second-order valence-electron chi connectivity index (χ2n) is 7.24. The number of nitrogens with zero attached hydrogens (tertiary/aromatic N) is 1. The second-order valence-corrected chi connectivity index (χ2v) is 8.76. The molecule has 0 N–H and O–H groups in total. The Morgan fingerprint density at radius 1 is 0.871 bits per heavy atom. The third kappa shape index (κ3) is 4.53. The van der Waals surface area contributed by atoms with Crippen LogP contribution in [0.3, 0.4) is 0 Å². The Bertz CT molecular complexity index is 1160. The molecule has 1 aliphatic heterocycles. The Labute approximate surface area is 190 Å². The average molecular weight is 450 g/mol. The predicted molar refractivity (Wildman–Crippen MR) is 125 cm³/mol. The zero-order valence-electron chi connectivity index (χ0n) is 17.0. The summed E-state index contributed by atoms with van der Waals surface area (Å²) in [5, 5.41) is 0.457. The molecule has 6 heteroatoms. The number of rotatable bonds is 6. The van der Waals surface area contributed by atoms with Crippen molar-refractivity contribution >= 4 is 46.4 Å². The van der Waals surface area contributed by atoms with Crippen LogP contribution in [0.15, 0.2) is 88.7 Å². The van der Waals surface area contributed by atoms with Crippen molar-refractivity contribution in [1.29, 1.82) is 0 Å². The van der Waals surface area contributed by atoms with Gasteiger partial charge >= 0.3 is 0 Å². The first-order valence-corrected chi connectivity index (χ1v) is 11.0. The van der Waals surface area contributed by atoms with E-state index in [1.54, 1.807) is 24.3 Å². The van der Waals surface area contributed by atoms with Gasteiger partial charge in [0.25, 0.3) is 11.8 Å². The van der Waals surface area contributed by atoms with Gasteiger partial charge in [-0.05, 0) is 61.9 Å². The number of thioether (sulfide) groups is 1. The van der Waals surface area contributed by atoms with Crippen LogP contribution in [0.4, 0.5) is 5.69 Å². The predicted octanol–water partition coefficient (Wildman–Crippen LogP) is 6.20. The van der Waals surface area contributed by atoms with Gasteiger partial charge in [-0.25, -0.2) is 4.90 Å². The maximum Gasteiger partial charge on any atom is 0.272 e. The van der Waals surface area contributed by atoms with Crippen molar-refractivity contribution in [2.45, 2.75) is 24.8 Å². The molecule has 0 radical (unpaired) electrons. The largest absolute Gasteiger partial charge is 0.491 e. The van der Waals surface area contributed by atoms with E-state index < -0.39 is 0 Å². The number of carbonyl (C=O) groups excluding carboxylic acids is 2. The summed E-state index contributed by atoms with van der Waals surface area (Å²) in [6.07, 6.45) is 0.0438. The molecule has 1 heterocycles. The van der Waals surface area contributed by atoms with Crippen molar-refractivity contribution in [1.82, 2.24) is 0 Å². The molecule has 0 aliphatic carbocycles. The van der Waals surface area contributed by atoms with Crippen LogP contribution in [0.25, 0.3) is 5.57 Å². The summed E-state index contributed by atoms with van der Waals surface area (Å²) in [6.45, 7) is 3.90. The van der Waals surface area contributed by atoms with Gasteiger partial charge in [0.2, 0.25) is 0 Å². The van der Waals surface area contributed by atoms with Gasteiger partial charge in [0.05, 0.1) is 22.3 Å². The number of ether oxygens (including phenoxy) is 1. The molecular formula is C25H20ClNO3S. The van der Waals surface area contributed by atoms with E-state index in [0.717, 1.165) is 4.90 Å². The number of hydrogen-bond donors (Lipinski definition) is 0. The summed E-state index contributed by atoms with van der Waals surface area (Å²) in [5.41, 5.74) is 1.48. The number of imide groups is 1. The molecule has 0 saturated carbocycles. The quantitative estimate of drug-likeness (QED) is 0.420. The molecule has 0 saturated heterocycles. The van der Waals surface area contributed by atoms with E-state index in [9.17, 15) is 9.59 Å². The molecule has 4 rings (SSSR count). The molecule has 0 atom stereocenters. The zero-order chi connectivity index (χ0) is 22.0. The summed E-state index contributed by atoms with van der Waals surface area (Å²) in [4.78, 5) is 29.3. The van der Waals surface area contributed by atoms with Crippen molar-refractivity contribution in [3.63, 3.8) is 0 Å². The first kappa shape index (κ1) is 21.2. The molecule has 0 bridgehead atoms. The number of carbonyl (C=O) groups is 2. The van der Waals surface area contributed by atoms with Gasteiger partial charge in [-0.15, -0.1) is 0 Å². The standard InChI is InChI=1S/C25H20ClNO3S/c1-16(2)30-20-13-11-17(12-14-20)22-23(31-21-9-4-3-5-10-21)25(29)27(24(22)28)19-8-6-7-18(26)15-19/h3-16H,1-2H3. The number of hydrogen-bond acceptors (Lipinski definition) is 4. The van der Waals surface area contributed by atoms with Crippen LogP contribution in [0.2, 0.25) is 5.02 Å². The Hall–Kier alpha value is -3.02. The molecule has 0 aromatic heterocycles. The highest BCUT2D eigenvalue weighted by atomic mass is 35.5. The molecule has 3 aromatic carbocycles. The number of anilines is 1. The third-order valence-corrected chi connectivity index (χ3v) is 5.91. The van der Waals surface area contributed by atoms with E-state index >= 15 is 0 Å². The van der Waals surface area contributed by atoms with Gasteiger partial charge < -0.3 is 4.74 Å². The minimum absolute atomic E-state index is 0.0438. The SMILES string of the molecule is CC(C)Oc1ccc(C2=C(Sc3ccccc3)C(=O)N(c3cccc(Cl)c3)C2=O)cc1. The minimum Gasteiger partial charge on any atom is -0.491 e. The van der Waals surface area contributed by atoms with E-state index in [4.69, 9.17) is 16.3 Å². The summed E-state index contributed by atoms with van der Waals surface area (Å²) < 4.78 is 5.71. The lowest BCUT2D eigenvalue weighted by Gasteiger charge is -2.15. The first-order valence-electron chi connectivity index (χ1n) is 9.82. The highest BCUT2D eigenvalue weighted by molar-refractivity contribution is 8.04. The summed E-state index contributed by atoms with van der Waals surface area (Å²) in [6, 6.07) is 23.5. The van der Waals surface area contributed by atoms with Crippen LogP contribution in [0, 0.1) is 0 Å². The van der Waals surface area contributed by atoms with Crippen LogP contribution in [0.1, 0.15) is 19.4 Å². The van der Waals surface area contributed by atoms with E-state index in [1.807, 2.05) is 68.4 Å².